The summed E-state index contributed by atoms with van der Waals surface area (Å²) in [5, 5.41) is 1.25. The van der Waals surface area contributed by atoms with Crippen molar-refractivity contribution in [2.75, 3.05) is 6.54 Å². The molecular weight excluding hydrogens is 272 g/mol. The summed E-state index contributed by atoms with van der Waals surface area (Å²) in [7, 11) is 0. The van der Waals surface area contributed by atoms with Gasteiger partial charge in [-0.3, -0.25) is 4.79 Å². The molecule has 1 aliphatic rings. The van der Waals surface area contributed by atoms with Gasteiger partial charge in [-0.15, -0.1) is 0 Å². The molecule has 0 aliphatic carbocycles. The fraction of sp³-hybridized carbons (Fsp3) is 0.211. The molecular formula is C19H18N2O. The minimum atomic E-state index is 0.134. The Bertz CT molecular complexity index is 863. The summed E-state index contributed by atoms with van der Waals surface area (Å²) in [6, 6.07) is 18.4. The first kappa shape index (κ1) is 13.1. The number of nitrogens with zero attached hydrogens (tertiary/aromatic N) is 2. The third kappa shape index (κ3) is 2.01. The molecule has 0 N–H and O–H groups in total. The molecule has 0 fully saturated rings. The zero-order chi connectivity index (χ0) is 15.1. The first-order chi connectivity index (χ1) is 10.7. The van der Waals surface area contributed by atoms with E-state index in [9.17, 15) is 4.79 Å². The topological polar surface area (TPSA) is 25.2 Å². The molecule has 0 radical (unpaired) electrons. The Morgan fingerprint density at radius 2 is 1.77 bits per heavy atom. The molecule has 22 heavy (non-hydrogen) atoms. The van der Waals surface area contributed by atoms with Gasteiger partial charge in [-0.25, -0.2) is 0 Å². The highest BCUT2D eigenvalue weighted by atomic mass is 16.2. The second-order valence-electron chi connectivity index (χ2n) is 5.89. The van der Waals surface area contributed by atoms with E-state index >= 15 is 0 Å². The molecule has 4 rings (SSSR count). The molecule has 1 amide bonds. The third-order valence-corrected chi connectivity index (χ3v) is 4.51. The predicted octanol–water partition coefficient (Wildman–Crippen LogP) is 3.61. The fourth-order valence-corrected chi connectivity index (χ4v) is 3.31. The molecule has 1 aliphatic heterocycles. The van der Waals surface area contributed by atoms with E-state index in [0.29, 0.717) is 6.54 Å². The minimum Gasteiger partial charge on any atom is -0.341 e. The smallest absolute Gasteiger partial charge is 0.254 e. The van der Waals surface area contributed by atoms with E-state index in [4.69, 9.17) is 0 Å². The number of fused-ring (bicyclic) bond motifs is 3. The normalized spacial score (nSPS) is 14.1. The quantitative estimate of drug-likeness (QED) is 0.672. The third-order valence-electron chi connectivity index (χ3n) is 4.51. The molecule has 1 aromatic heterocycles. The van der Waals surface area contributed by atoms with Crippen molar-refractivity contribution in [3.63, 3.8) is 0 Å². The van der Waals surface area contributed by atoms with Crippen LogP contribution in [0.25, 0.3) is 10.9 Å². The van der Waals surface area contributed by atoms with Crippen molar-refractivity contribution in [3.05, 3.63) is 71.4 Å². The van der Waals surface area contributed by atoms with E-state index in [2.05, 4.69) is 34.9 Å². The first-order valence-corrected chi connectivity index (χ1v) is 7.66. The Morgan fingerprint density at radius 1 is 1.00 bits per heavy atom. The molecule has 0 spiro atoms. The summed E-state index contributed by atoms with van der Waals surface area (Å²) in [5.41, 5.74) is 4.33. The van der Waals surface area contributed by atoms with Crippen molar-refractivity contribution in [2.24, 2.45) is 0 Å². The zero-order valence-corrected chi connectivity index (χ0v) is 12.6. The van der Waals surface area contributed by atoms with Gasteiger partial charge in [-0.1, -0.05) is 36.4 Å². The van der Waals surface area contributed by atoms with Gasteiger partial charge >= 0.3 is 0 Å². The van der Waals surface area contributed by atoms with Crippen molar-refractivity contribution in [3.8, 4) is 0 Å². The lowest BCUT2D eigenvalue weighted by Gasteiger charge is -2.29. The summed E-state index contributed by atoms with van der Waals surface area (Å²) in [6.45, 7) is 4.30. The number of carbonyl (C=O) groups excluding carboxylic acids is 1. The van der Waals surface area contributed by atoms with E-state index in [1.165, 1.54) is 16.6 Å². The van der Waals surface area contributed by atoms with Crippen LogP contribution in [-0.2, 0) is 13.1 Å². The van der Waals surface area contributed by atoms with Gasteiger partial charge < -0.3 is 9.47 Å². The molecule has 0 unspecified atom stereocenters. The molecule has 2 aromatic carbocycles. The molecule has 3 heteroatoms. The summed E-state index contributed by atoms with van der Waals surface area (Å²) in [6.07, 6.45) is 0. The molecule has 3 nitrogen and oxygen atoms in total. The highest BCUT2D eigenvalue weighted by Gasteiger charge is 2.23. The summed E-state index contributed by atoms with van der Waals surface area (Å²) >= 11 is 0. The van der Waals surface area contributed by atoms with E-state index in [1.807, 2.05) is 36.1 Å². The SMILES string of the molecule is Cc1ccccc1C(=O)N1CCn2c(cc3ccccc32)C1. The van der Waals surface area contributed by atoms with E-state index in [0.717, 1.165) is 24.2 Å². The molecule has 0 saturated heterocycles. The second-order valence-corrected chi connectivity index (χ2v) is 5.89. The lowest BCUT2D eigenvalue weighted by atomic mass is 10.1. The number of benzene rings is 2. The highest BCUT2D eigenvalue weighted by Crippen LogP contribution is 2.25. The maximum atomic E-state index is 12.8. The summed E-state index contributed by atoms with van der Waals surface area (Å²) in [5.74, 6) is 0.134. The van der Waals surface area contributed by atoms with Crippen LogP contribution in [-0.4, -0.2) is 21.9 Å². The van der Waals surface area contributed by atoms with Crippen molar-refractivity contribution >= 4 is 16.8 Å². The first-order valence-electron chi connectivity index (χ1n) is 7.66. The van der Waals surface area contributed by atoms with Crippen LogP contribution < -0.4 is 0 Å². The van der Waals surface area contributed by atoms with Crippen LogP contribution in [0, 0.1) is 6.92 Å². The average molecular weight is 290 g/mol. The second kappa shape index (κ2) is 5.02. The number of hydrogen-bond acceptors (Lipinski definition) is 1. The van der Waals surface area contributed by atoms with Gasteiger partial charge in [-0.05, 0) is 36.1 Å². The minimum absolute atomic E-state index is 0.134. The maximum Gasteiger partial charge on any atom is 0.254 e. The monoisotopic (exact) mass is 290 g/mol. The number of amides is 1. The number of aromatic nitrogens is 1. The zero-order valence-electron chi connectivity index (χ0n) is 12.6. The van der Waals surface area contributed by atoms with Crippen molar-refractivity contribution < 1.29 is 4.79 Å². The largest absolute Gasteiger partial charge is 0.341 e. The Kier molecular flexibility index (Phi) is 3.00. The van der Waals surface area contributed by atoms with Crippen LogP contribution in [0.5, 0.6) is 0 Å². The molecule has 0 bridgehead atoms. The van der Waals surface area contributed by atoms with Crippen LogP contribution in [0.1, 0.15) is 21.6 Å². The fourth-order valence-electron chi connectivity index (χ4n) is 3.31. The lowest BCUT2D eigenvalue weighted by molar-refractivity contribution is 0.0712. The van der Waals surface area contributed by atoms with E-state index in [1.54, 1.807) is 0 Å². The van der Waals surface area contributed by atoms with Gasteiger partial charge in [0.25, 0.3) is 5.91 Å². The van der Waals surface area contributed by atoms with Crippen LogP contribution in [0.15, 0.2) is 54.6 Å². The molecule has 3 aromatic rings. The van der Waals surface area contributed by atoms with E-state index < -0.39 is 0 Å². The maximum absolute atomic E-state index is 12.8. The van der Waals surface area contributed by atoms with Gasteiger partial charge in [0.15, 0.2) is 0 Å². The number of aryl methyl sites for hydroxylation is 1. The lowest BCUT2D eigenvalue weighted by Crippen LogP contribution is -2.38. The van der Waals surface area contributed by atoms with E-state index in [-0.39, 0.29) is 5.91 Å². The average Bonchev–Trinajstić information content (AvgIpc) is 2.92. The van der Waals surface area contributed by atoms with Crippen molar-refractivity contribution in [1.82, 2.24) is 9.47 Å². The summed E-state index contributed by atoms with van der Waals surface area (Å²) < 4.78 is 2.33. The molecule has 0 saturated carbocycles. The Morgan fingerprint density at radius 3 is 2.64 bits per heavy atom. The highest BCUT2D eigenvalue weighted by molar-refractivity contribution is 5.95. The van der Waals surface area contributed by atoms with Gasteiger partial charge in [0, 0.05) is 29.9 Å². The van der Waals surface area contributed by atoms with Gasteiger partial charge in [0.1, 0.15) is 0 Å². The molecule has 2 heterocycles. The molecule has 0 atom stereocenters. The Balaban J connectivity index is 1.67. The van der Waals surface area contributed by atoms with Crippen molar-refractivity contribution in [1.29, 1.82) is 0 Å². The molecule has 110 valence electrons. The Hall–Kier alpha value is -2.55. The number of carbonyl (C=O) groups is 1. The van der Waals surface area contributed by atoms with Crippen LogP contribution in [0.3, 0.4) is 0 Å². The number of para-hydroxylation sites is 1. The standard InChI is InChI=1S/C19H18N2O/c1-14-6-2-4-8-17(14)19(22)20-10-11-21-16(13-20)12-15-7-3-5-9-18(15)21/h2-9,12H,10-11,13H2,1H3. The number of hydrogen-bond donors (Lipinski definition) is 0. The van der Waals surface area contributed by atoms with Gasteiger partial charge in [0.05, 0.1) is 6.54 Å². The van der Waals surface area contributed by atoms with Gasteiger partial charge in [-0.2, -0.15) is 0 Å². The number of rotatable bonds is 1. The van der Waals surface area contributed by atoms with Gasteiger partial charge in [0.2, 0.25) is 0 Å². The van der Waals surface area contributed by atoms with Crippen LogP contribution in [0.4, 0.5) is 0 Å². The Labute approximate surface area is 129 Å². The van der Waals surface area contributed by atoms with Crippen LogP contribution >= 0.6 is 0 Å². The van der Waals surface area contributed by atoms with Crippen LogP contribution in [0.2, 0.25) is 0 Å². The predicted molar refractivity (Wildman–Crippen MR) is 87.9 cm³/mol. The van der Waals surface area contributed by atoms with Crippen molar-refractivity contribution in [2.45, 2.75) is 20.0 Å². The summed E-state index contributed by atoms with van der Waals surface area (Å²) in [4.78, 5) is 14.7.